The summed E-state index contributed by atoms with van der Waals surface area (Å²) in [6, 6.07) is 6.76. The molecule has 0 radical (unpaired) electrons. The zero-order valence-electron chi connectivity index (χ0n) is 9.36. The SMILES string of the molecule is Nc1ccc(C(=O)Cc2cncc(Br)c2)cc1Cl. The van der Waals surface area contributed by atoms with Gasteiger partial charge in [0.1, 0.15) is 0 Å². The highest BCUT2D eigenvalue weighted by molar-refractivity contribution is 9.10. The molecule has 92 valence electrons. The van der Waals surface area contributed by atoms with E-state index in [0.717, 1.165) is 10.0 Å². The molecule has 2 N–H and O–H groups in total. The van der Waals surface area contributed by atoms with Gasteiger partial charge >= 0.3 is 0 Å². The molecule has 0 amide bonds. The van der Waals surface area contributed by atoms with Crippen molar-refractivity contribution in [2.45, 2.75) is 6.42 Å². The monoisotopic (exact) mass is 324 g/mol. The first kappa shape index (κ1) is 13.1. The van der Waals surface area contributed by atoms with Crippen LogP contribution in [0.4, 0.5) is 5.69 Å². The number of ketones is 1. The highest BCUT2D eigenvalue weighted by Crippen LogP contribution is 2.21. The van der Waals surface area contributed by atoms with E-state index in [9.17, 15) is 4.79 Å². The molecule has 3 nitrogen and oxygen atoms in total. The molecule has 0 saturated carbocycles. The van der Waals surface area contributed by atoms with Gasteiger partial charge in [0, 0.05) is 28.9 Å². The van der Waals surface area contributed by atoms with Crippen molar-refractivity contribution in [3.63, 3.8) is 0 Å². The first-order valence-electron chi connectivity index (χ1n) is 5.24. The molecule has 0 atom stereocenters. The van der Waals surface area contributed by atoms with E-state index < -0.39 is 0 Å². The van der Waals surface area contributed by atoms with Crippen molar-refractivity contribution < 1.29 is 4.79 Å². The fourth-order valence-corrected chi connectivity index (χ4v) is 2.13. The Morgan fingerprint density at radius 3 is 2.78 bits per heavy atom. The number of hydrogen-bond acceptors (Lipinski definition) is 3. The number of benzene rings is 1. The Kier molecular flexibility index (Phi) is 3.99. The summed E-state index contributed by atoms with van der Waals surface area (Å²) < 4.78 is 0.850. The van der Waals surface area contributed by atoms with Crippen molar-refractivity contribution >= 4 is 39.0 Å². The first-order chi connectivity index (χ1) is 8.56. The third-order valence-electron chi connectivity index (χ3n) is 2.45. The number of aromatic nitrogens is 1. The van der Waals surface area contributed by atoms with Crippen LogP contribution in [-0.2, 0) is 6.42 Å². The standard InChI is InChI=1S/C13H10BrClN2O/c14-10-3-8(6-17-7-10)4-13(18)9-1-2-12(16)11(15)5-9/h1-3,5-7H,4,16H2. The summed E-state index contributed by atoms with van der Waals surface area (Å²) in [5.74, 6) is -0.0169. The molecule has 0 bridgehead atoms. The van der Waals surface area contributed by atoms with E-state index in [1.807, 2.05) is 6.07 Å². The van der Waals surface area contributed by atoms with Gasteiger partial charge in [-0.3, -0.25) is 9.78 Å². The van der Waals surface area contributed by atoms with Crippen molar-refractivity contribution in [3.05, 3.63) is 57.3 Å². The number of halogens is 2. The molecular weight excluding hydrogens is 316 g/mol. The lowest BCUT2D eigenvalue weighted by Crippen LogP contribution is -2.04. The van der Waals surface area contributed by atoms with Crippen molar-refractivity contribution in [2.75, 3.05) is 5.73 Å². The summed E-state index contributed by atoms with van der Waals surface area (Å²) in [5, 5.41) is 0.396. The van der Waals surface area contributed by atoms with E-state index in [-0.39, 0.29) is 12.2 Å². The molecular formula is C13H10BrClN2O. The highest BCUT2D eigenvalue weighted by atomic mass is 79.9. The second-order valence-corrected chi connectivity index (χ2v) is 5.17. The smallest absolute Gasteiger partial charge is 0.167 e. The van der Waals surface area contributed by atoms with E-state index in [1.165, 1.54) is 0 Å². The van der Waals surface area contributed by atoms with E-state index in [1.54, 1.807) is 30.6 Å². The van der Waals surface area contributed by atoms with Crippen molar-refractivity contribution in [2.24, 2.45) is 0 Å². The molecule has 2 rings (SSSR count). The highest BCUT2D eigenvalue weighted by Gasteiger charge is 2.09. The molecule has 0 aliphatic rings. The Balaban J connectivity index is 2.19. The Bertz CT molecular complexity index is 601. The molecule has 1 aromatic heterocycles. The van der Waals surface area contributed by atoms with Gasteiger partial charge in [-0.05, 0) is 45.8 Å². The van der Waals surface area contributed by atoms with Crippen LogP contribution in [0.15, 0.2) is 41.1 Å². The molecule has 5 heteroatoms. The lowest BCUT2D eigenvalue weighted by Gasteiger charge is -2.04. The number of nitrogen functional groups attached to an aromatic ring is 1. The van der Waals surface area contributed by atoms with Gasteiger partial charge in [0.25, 0.3) is 0 Å². The summed E-state index contributed by atoms with van der Waals surface area (Å²) in [6.07, 6.45) is 3.63. The van der Waals surface area contributed by atoms with Crippen LogP contribution < -0.4 is 5.73 Å². The fraction of sp³-hybridized carbons (Fsp3) is 0.0769. The van der Waals surface area contributed by atoms with Crippen LogP contribution in [0.1, 0.15) is 15.9 Å². The van der Waals surface area contributed by atoms with Crippen LogP contribution in [-0.4, -0.2) is 10.8 Å². The van der Waals surface area contributed by atoms with Gasteiger partial charge < -0.3 is 5.73 Å². The van der Waals surface area contributed by atoms with Crippen LogP contribution in [0, 0.1) is 0 Å². The molecule has 0 aliphatic carbocycles. The van der Waals surface area contributed by atoms with Crippen LogP contribution in [0.25, 0.3) is 0 Å². The van der Waals surface area contributed by atoms with Crippen LogP contribution >= 0.6 is 27.5 Å². The Labute approximate surface area is 118 Å². The quantitative estimate of drug-likeness (QED) is 0.694. The minimum absolute atomic E-state index is 0.0169. The second kappa shape index (κ2) is 5.50. The predicted molar refractivity (Wildman–Crippen MR) is 75.8 cm³/mol. The second-order valence-electron chi connectivity index (χ2n) is 3.85. The van der Waals surface area contributed by atoms with Gasteiger partial charge in [-0.15, -0.1) is 0 Å². The maximum Gasteiger partial charge on any atom is 0.167 e. The summed E-state index contributed by atoms with van der Waals surface area (Å²) in [7, 11) is 0. The number of carbonyl (C=O) groups excluding carboxylic acids is 1. The molecule has 0 fully saturated rings. The number of pyridine rings is 1. The minimum Gasteiger partial charge on any atom is -0.398 e. The van der Waals surface area contributed by atoms with Gasteiger partial charge in [-0.25, -0.2) is 0 Å². The molecule has 2 aromatic rings. The number of nitrogens with two attached hydrogens (primary N) is 1. The maximum atomic E-state index is 12.0. The van der Waals surface area contributed by atoms with Crippen molar-refractivity contribution in [3.8, 4) is 0 Å². The molecule has 0 spiro atoms. The van der Waals surface area contributed by atoms with E-state index in [0.29, 0.717) is 16.3 Å². The lowest BCUT2D eigenvalue weighted by atomic mass is 10.0. The molecule has 1 aromatic carbocycles. The number of hydrogen-bond donors (Lipinski definition) is 1. The average Bonchev–Trinajstić information content (AvgIpc) is 2.32. The Morgan fingerprint density at radius 1 is 1.33 bits per heavy atom. The summed E-state index contributed by atoms with van der Waals surface area (Å²) in [5.41, 5.74) is 7.47. The molecule has 1 heterocycles. The third kappa shape index (κ3) is 3.09. The van der Waals surface area contributed by atoms with Crippen LogP contribution in [0.2, 0.25) is 5.02 Å². The normalized spacial score (nSPS) is 10.3. The summed E-state index contributed by atoms with van der Waals surface area (Å²) >= 11 is 9.21. The topological polar surface area (TPSA) is 56.0 Å². The van der Waals surface area contributed by atoms with Gasteiger partial charge in [0.15, 0.2) is 5.78 Å². The van der Waals surface area contributed by atoms with Gasteiger partial charge in [-0.1, -0.05) is 11.6 Å². The number of nitrogens with zero attached hydrogens (tertiary/aromatic N) is 1. The molecule has 0 saturated heterocycles. The van der Waals surface area contributed by atoms with Gasteiger partial charge in [0.05, 0.1) is 10.7 Å². The first-order valence-corrected chi connectivity index (χ1v) is 6.41. The van der Waals surface area contributed by atoms with Gasteiger partial charge in [-0.2, -0.15) is 0 Å². The van der Waals surface area contributed by atoms with Crippen molar-refractivity contribution in [1.29, 1.82) is 0 Å². The largest absolute Gasteiger partial charge is 0.398 e. The van der Waals surface area contributed by atoms with E-state index in [4.69, 9.17) is 17.3 Å². The minimum atomic E-state index is -0.0169. The maximum absolute atomic E-state index is 12.0. The Hall–Kier alpha value is -1.39. The predicted octanol–water partition coefficient (Wildman–Crippen LogP) is 3.51. The average molecular weight is 326 g/mol. The van der Waals surface area contributed by atoms with Crippen LogP contribution in [0.5, 0.6) is 0 Å². The zero-order valence-corrected chi connectivity index (χ0v) is 11.7. The number of carbonyl (C=O) groups is 1. The Morgan fingerprint density at radius 2 is 2.11 bits per heavy atom. The number of Topliss-reactive ketones (excluding diaryl/α,β-unsaturated/α-hetero) is 1. The summed E-state index contributed by atoms with van der Waals surface area (Å²) in [4.78, 5) is 16.1. The zero-order chi connectivity index (χ0) is 13.1. The van der Waals surface area contributed by atoms with E-state index >= 15 is 0 Å². The fourth-order valence-electron chi connectivity index (χ4n) is 1.54. The molecule has 18 heavy (non-hydrogen) atoms. The number of anilines is 1. The number of rotatable bonds is 3. The van der Waals surface area contributed by atoms with Gasteiger partial charge in [0.2, 0.25) is 0 Å². The lowest BCUT2D eigenvalue weighted by molar-refractivity contribution is 0.0993. The molecule has 0 aliphatic heterocycles. The summed E-state index contributed by atoms with van der Waals surface area (Å²) in [6.45, 7) is 0. The molecule has 0 unspecified atom stereocenters. The van der Waals surface area contributed by atoms with Crippen LogP contribution in [0.3, 0.4) is 0 Å². The van der Waals surface area contributed by atoms with Crippen molar-refractivity contribution in [1.82, 2.24) is 4.98 Å². The third-order valence-corrected chi connectivity index (χ3v) is 3.21. The van der Waals surface area contributed by atoms with E-state index in [2.05, 4.69) is 20.9 Å².